The largest absolute Gasteiger partial charge is 0.469 e. The summed E-state index contributed by atoms with van der Waals surface area (Å²) >= 11 is 3.82. The van der Waals surface area contributed by atoms with E-state index in [1.54, 1.807) is 0 Å². The molecule has 7 nitrogen and oxygen atoms in total. The summed E-state index contributed by atoms with van der Waals surface area (Å²) in [6, 6.07) is 0. The molecule has 0 aliphatic rings. The van der Waals surface area contributed by atoms with Gasteiger partial charge in [-0.05, 0) is 12.2 Å². The van der Waals surface area contributed by atoms with Crippen molar-refractivity contribution in [1.29, 1.82) is 0 Å². The van der Waals surface area contributed by atoms with Gasteiger partial charge in [0, 0.05) is 0 Å². The maximum absolute atomic E-state index is 9.95. The Morgan fingerprint density at radius 2 is 1.77 bits per heavy atom. The normalized spacial score (nSPS) is 10.9. The van der Waals surface area contributed by atoms with Crippen molar-refractivity contribution in [1.82, 2.24) is 0 Å². The Hall–Kier alpha value is 0.610. The summed E-state index contributed by atoms with van der Waals surface area (Å²) in [7, 11) is -7.36. The Morgan fingerprint density at radius 1 is 1.38 bits per heavy atom. The molecule has 0 saturated carbocycles. The number of rotatable bonds is 4. The molecule has 0 atom stereocenters. The summed E-state index contributed by atoms with van der Waals surface area (Å²) in [6.45, 7) is 0.0633. The zero-order chi connectivity index (χ0) is 10.9. The first kappa shape index (κ1) is 16.1. The molecular weight excluding hydrogens is 242 g/mol. The SMILES string of the molecule is O=P(O)(O)OCCCS.O=[PH](O)O. The predicted octanol–water partition coefficient (Wildman–Crippen LogP) is -0.224. The molecule has 0 amide bonds. The van der Waals surface area contributed by atoms with Crippen molar-refractivity contribution in [3.63, 3.8) is 0 Å². The molecule has 0 aliphatic carbocycles. The lowest BCUT2D eigenvalue weighted by molar-refractivity contribution is 0.198. The van der Waals surface area contributed by atoms with Crippen LogP contribution in [-0.4, -0.2) is 31.9 Å². The molecule has 4 N–H and O–H groups in total. The van der Waals surface area contributed by atoms with Gasteiger partial charge in [0.2, 0.25) is 0 Å². The van der Waals surface area contributed by atoms with E-state index >= 15 is 0 Å². The third-order valence-corrected chi connectivity index (χ3v) is 1.40. The highest BCUT2D eigenvalue weighted by Gasteiger charge is 2.11. The average molecular weight is 254 g/mol. The molecule has 0 fully saturated rings. The van der Waals surface area contributed by atoms with Gasteiger partial charge >= 0.3 is 16.1 Å². The summed E-state index contributed by atoms with van der Waals surface area (Å²) in [4.78, 5) is 30.5. The third-order valence-electron chi connectivity index (χ3n) is 0.562. The molecule has 0 rings (SSSR count). The Bertz CT molecular complexity index is 175. The van der Waals surface area contributed by atoms with Crippen LogP contribution in [0.4, 0.5) is 0 Å². The fourth-order valence-corrected chi connectivity index (χ4v) is 0.744. The lowest BCUT2D eigenvalue weighted by Gasteiger charge is -2.01. The Morgan fingerprint density at radius 3 is 2.00 bits per heavy atom. The highest BCUT2D eigenvalue weighted by atomic mass is 32.1. The van der Waals surface area contributed by atoms with Crippen molar-refractivity contribution in [2.24, 2.45) is 0 Å². The van der Waals surface area contributed by atoms with Crippen LogP contribution in [0.15, 0.2) is 0 Å². The van der Waals surface area contributed by atoms with Crippen LogP contribution < -0.4 is 0 Å². The van der Waals surface area contributed by atoms with Gasteiger partial charge in [0.1, 0.15) is 0 Å². The second-order valence-electron chi connectivity index (χ2n) is 1.68. The molecule has 10 heteroatoms. The van der Waals surface area contributed by atoms with E-state index in [2.05, 4.69) is 17.2 Å². The highest BCUT2D eigenvalue weighted by molar-refractivity contribution is 7.80. The summed E-state index contributed by atoms with van der Waals surface area (Å²) in [6.07, 6.45) is 0.550. The fourth-order valence-electron chi connectivity index (χ4n) is 0.248. The van der Waals surface area contributed by atoms with Gasteiger partial charge < -0.3 is 19.6 Å². The standard InChI is InChI=1S/C3H9O4PS.H3O3P/c4-8(5,6)7-2-1-3-9;1-4(2)3/h9H,1-3H2,(H2,4,5,6);4H,(H2,1,2,3). The minimum absolute atomic E-state index is 0.0633. The molecular formula is C3H12O7P2S. The highest BCUT2D eigenvalue weighted by Crippen LogP contribution is 2.35. The van der Waals surface area contributed by atoms with Crippen LogP contribution in [0.25, 0.3) is 0 Å². The van der Waals surface area contributed by atoms with Crippen LogP contribution in [0.1, 0.15) is 6.42 Å². The van der Waals surface area contributed by atoms with Crippen molar-refractivity contribution in [3.05, 3.63) is 0 Å². The van der Waals surface area contributed by atoms with E-state index in [9.17, 15) is 4.57 Å². The number of thiol groups is 1. The minimum atomic E-state index is -4.23. The monoisotopic (exact) mass is 254 g/mol. The van der Waals surface area contributed by atoms with E-state index in [4.69, 9.17) is 24.1 Å². The summed E-state index contributed by atoms with van der Waals surface area (Å²) in [5, 5.41) is 0. The van der Waals surface area contributed by atoms with Gasteiger partial charge in [-0.15, -0.1) is 0 Å². The van der Waals surface area contributed by atoms with E-state index in [0.29, 0.717) is 12.2 Å². The molecule has 0 heterocycles. The van der Waals surface area contributed by atoms with Crippen molar-refractivity contribution in [2.45, 2.75) is 6.42 Å². The first-order valence-corrected chi connectivity index (χ1v) is 6.49. The van der Waals surface area contributed by atoms with Gasteiger partial charge in [-0.1, -0.05) is 0 Å². The number of phosphoric ester groups is 1. The predicted molar refractivity (Wildman–Crippen MR) is 49.9 cm³/mol. The Labute approximate surface area is 81.3 Å². The van der Waals surface area contributed by atoms with E-state index in [1.807, 2.05) is 0 Å². The van der Waals surface area contributed by atoms with Crippen LogP contribution in [-0.2, 0) is 13.7 Å². The van der Waals surface area contributed by atoms with E-state index in [1.165, 1.54) is 0 Å². The number of hydrogen-bond donors (Lipinski definition) is 5. The molecule has 0 aromatic rings. The topological polar surface area (TPSA) is 124 Å². The first-order valence-electron chi connectivity index (χ1n) is 3.02. The number of hydrogen-bond acceptors (Lipinski definition) is 4. The van der Waals surface area contributed by atoms with Crippen LogP contribution in [0.3, 0.4) is 0 Å². The molecule has 0 aromatic carbocycles. The van der Waals surface area contributed by atoms with Gasteiger partial charge in [0.15, 0.2) is 0 Å². The van der Waals surface area contributed by atoms with Gasteiger partial charge in [0.05, 0.1) is 6.61 Å². The van der Waals surface area contributed by atoms with Gasteiger partial charge in [-0.2, -0.15) is 12.6 Å². The van der Waals surface area contributed by atoms with Crippen LogP contribution in [0.2, 0.25) is 0 Å². The molecule has 0 unspecified atom stereocenters. The van der Waals surface area contributed by atoms with Crippen LogP contribution >= 0.6 is 28.7 Å². The number of phosphoric acid groups is 1. The average Bonchev–Trinajstić information content (AvgIpc) is 1.83. The quantitative estimate of drug-likeness (QED) is 0.267. The lowest BCUT2D eigenvalue weighted by Crippen LogP contribution is -1.91. The maximum Gasteiger partial charge on any atom is 0.469 e. The van der Waals surface area contributed by atoms with Crippen LogP contribution in [0, 0.1) is 0 Å². The van der Waals surface area contributed by atoms with E-state index < -0.39 is 16.1 Å². The fraction of sp³-hybridized carbons (Fsp3) is 1.00. The van der Waals surface area contributed by atoms with Crippen molar-refractivity contribution >= 4 is 28.7 Å². The summed E-state index contributed by atoms with van der Waals surface area (Å²) < 4.78 is 22.8. The molecule has 0 spiro atoms. The van der Waals surface area contributed by atoms with Crippen molar-refractivity contribution in [3.8, 4) is 0 Å². The minimum Gasteiger partial charge on any atom is -0.326 e. The molecule has 0 radical (unpaired) electrons. The Balaban J connectivity index is 0. The van der Waals surface area contributed by atoms with Crippen molar-refractivity contribution < 1.29 is 33.2 Å². The zero-order valence-corrected chi connectivity index (χ0v) is 9.32. The van der Waals surface area contributed by atoms with Gasteiger partial charge in [-0.3, -0.25) is 9.09 Å². The molecule has 82 valence electrons. The molecule has 0 aliphatic heterocycles. The van der Waals surface area contributed by atoms with Crippen molar-refractivity contribution in [2.75, 3.05) is 12.4 Å². The second-order valence-corrected chi connectivity index (χ2v) is 3.94. The maximum atomic E-state index is 9.95. The third kappa shape index (κ3) is 32.5. The smallest absolute Gasteiger partial charge is 0.326 e. The van der Waals surface area contributed by atoms with Gasteiger partial charge in [-0.25, -0.2) is 4.57 Å². The molecule has 13 heavy (non-hydrogen) atoms. The Kier molecular flexibility index (Phi) is 11.3. The van der Waals surface area contributed by atoms with Crippen LogP contribution in [0.5, 0.6) is 0 Å². The molecule has 0 saturated heterocycles. The summed E-state index contributed by atoms with van der Waals surface area (Å²) in [5.41, 5.74) is 0. The lowest BCUT2D eigenvalue weighted by atomic mass is 10.5. The van der Waals surface area contributed by atoms with E-state index in [-0.39, 0.29) is 6.61 Å². The molecule has 0 aromatic heterocycles. The summed E-state index contributed by atoms with van der Waals surface area (Å²) in [5.74, 6) is 0.569. The zero-order valence-electron chi connectivity index (χ0n) is 6.53. The molecule has 0 bridgehead atoms. The van der Waals surface area contributed by atoms with E-state index in [0.717, 1.165) is 0 Å². The van der Waals surface area contributed by atoms with Gasteiger partial charge in [0.25, 0.3) is 0 Å². The second kappa shape index (κ2) is 9.18. The first-order chi connectivity index (χ1) is 5.79.